The minimum atomic E-state index is -0.825. The summed E-state index contributed by atoms with van der Waals surface area (Å²) < 4.78 is 13.7. The molecule has 5 aromatic carbocycles. The van der Waals surface area contributed by atoms with Gasteiger partial charge in [0.2, 0.25) is 0 Å². The van der Waals surface area contributed by atoms with E-state index in [1.165, 1.54) is 6.92 Å². The predicted molar refractivity (Wildman–Crippen MR) is 197 cm³/mol. The summed E-state index contributed by atoms with van der Waals surface area (Å²) in [4.78, 5) is 27.5. The molecular weight excluding hydrogens is 640 g/mol. The van der Waals surface area contributed by atoms with E-state index < -0.39 is 24.6 Å². The van der Waals surface area contributed by atoms with Gasteiger partial charge in [-0.15, -0.1) is 0 Å². The van der Waals surface area contributed by atoms with Gasteiger partial charge in [0.1, 0.15) is 0 Å². The van der Waals surface area contributed by atoms with Crippen LogP contribution < -0.4 is 5.32 Å². The van der Waals surface area contributed by atoms with Crippen molar-refractivity contribution in [2.24, 2.45) is 0 Å². The third kappa shape index (κ3) is 8.51. The number of amides is 1. The van der Waals surface area contributed by atoms with Crippen molar-refractivity contribution in [1.82, 2.24) is 4.90 Å². The minimum absolute atomic E-state index is 0.0669. The fourth-order valence-electron chi connectivity index (χ4n) is 6.63. The van der Waals surface area contributed by atoms with Crippen LogP contribution >= 0.6 is 0 Å². The molecule has 8 nitrogen and oxygen atoms in total. The highest BCUT2D eigenvalue weighted by molar-refractivity contribution is 6.05. The van der Waals surface area contributed by atoms with E-state index in [9.17, 15) is 19.8 Å². The first-order chi connectivity index (χ1) is 24.7. The fraction of sp³-hybridized carbons (Fsp3) is 0.256. The van der Waals surface area contributed by atoms with Crippen molar-refractivity contribution in [2.75, 3.05) is 18.9 Å². The van der Waals surface area contributed by atoms with E-state index in [1.54, 1.807) is 42.5 Å². The lowest BCUT2D eigenvalue weighted by Gasteiger charge is -2.45. The Bertz CT molecular complexity index is 1920. The van der Waals surface area contributed by atoms with E-state index in [1.807, 2.05) is 92.8 Å². The standard InChI is InChI=1S/C43H44N2O6/c1-28(40(48)32-14-8-5-9-15-32)45(3)26-38-39(31-12-6-4-7-13-31)41(33-22-20-30(27-46)21-23-33)51-43(50-38)36-18-10-17-35(24-36)42(49)44-37-19-11-16-34(25-37)29(2)47/h4-25,28,38-41,43,46,48H,26-27H2,1-3H3,(H,44,49). The highest BCUT2D eigenvalue weighted by Crippen LogP contribution is 2.47. The molecule has 5 aromatic rings. The summed E-state index contributed by atoms with van der Waals surface area (Å²) in [6.45, 7) is 3.90. The monoisotopic (exact) mass is 684 g/mol. The number of hydrogen-bond acceptors (Lipinski definition) is 7. The second kappa shape index (κ2) is 16.4. The molecule has 6 unspecified atom stereocenters. The molecule has 0 aliphatic carbocycles. The lowest BCUT2D eigenvalue weighted by Crippen LogP contribution is -2.46. The molecule has 0 radical (unpaired) electrons. The van der Waals surface area contributed by atoms with Gasteiger partial charge < -0.3 is 25.0 Å². The van der Waals surface area contributed by atoms with Crippen molar-refractivity contribution in [1.29, 1.82) is 0 Å². The Hall–Kier alpha value is -4.96. The highest BCUT2D eigenvalue weighted by Gasteiger charge is 2.43. The lowest BCUT2D eigenvalue weighted by molar-refractivity contribution is -0.264. The number of rotatable bonds is 12. The second-order valence-corrected chi connectivity index (χ2v) is 13.2. The van der Waals surface area contributed by atoms with Gasteiger partial charge in [0.25, 0.3) is 5.91 Å². The zero-order valence-corrected chi connectivity index (χ0v) is 29.1. The van der Waals surface area contributed by atoms with Gasteiger partial charge in [0.05, 0.1) is 24.9 Å². The van der Waals surface area contributed by atoms with E-state index in [2.05, 4.69) is 22.3 Å². The fourth-order valence-corrected chi connectivity index (χ4v) is 6.63. The first-order valence-electron chi connectivity index (χ1n) is 17.2. The maximum absolute atomic E-state index is 13.5. The van der Waals surface area contributed by atoms with Crippen LogP contribution in [0.1, 0.15) is 86.8 Å². The predicted octanol–water partition coefficient (Wildman–Crippen LogP) is 7.63. The highest BCUT2D eigenvalue weighted by atomic mass is 16.7. The molecule has 0 aromatic heterocycles. The summed E-state index contributed by atoms with van der Waals surface area (Å²) in [7, 11) is 1.99. The second-order valence-electron chi connectivity index (χ2n) is 13.2. The number of aliphatic hydroxyl groups is 2. The SMILES string of the molecule is CC(=O)c1cccc(NC(=O)c2cccc(C3OC(CN(C)C(C)C(O)c4ccccc4)C(c4ccccc4)C(c4ccc(CO)cc4)O3)c2)c1. The molecule has 1 fully saturated rings. The van der Waals surface area contributed by atoms with Gasteiger partial charge in [0.15, 0.2) is 12.1 Å². The molecule has 262 valence electrons. The Morgan fingerprint density at radius 3 is 2.10 bits per heavy atom. The Balaban J connectivity index is 1.34. The summed E-state index contributed by atoms with van der Waals surface area (Å²) in [5.74, 6) is -0.643. The van der Waals surface area contributed by atoms with Gasteiger partial charge in [-0.25, -0.2) is 0 Å². The molecule has 0 spiro atoms. The van der Waals surface area contributed by atoms with E-state index in [-0.39, 0.29) is 30.3 Å². The number of ketones is 1. The molecule has 6 rings (SSSR count). The van der Waals surface area contributed by atoms with Gasteiger partial charge in [-0.3, -0.25) is 14.5 Å². The molecule has 6 atom stereocenters. The van der Waals surface area contributed by atoms with Crippen LogP contribution in [0.3, 0.4) is 0 Å². The summed E-state index contributed by atoms with van der Waals surface area (Å²) in [5.41, 5.74) is 5.73. The van der Waals surface area contributed by atoms with Crippen molar-refractivity contribution in [3.63, 3.8) is 0 Å². The summed E-state index contributed by atoms with van der Waals surface area (Å²) in [6.07, 6.45) is -2.38. The normalized spacial score (nSPS) is 20.0. The van der Waals surface area contributed by atoms with Crippen molar-refractivity contribution < 1.29 is 29.3 Å². The molecule has 1 saturated heterocycles. The van der Waals surface area contributed by atoms with Crippen LogP contribution in [0.5, 0.6) is 0 Å². The largest absolute Gasteiger partial charge is 0.392 e. The Kier molecular flexibility index (Phi) is 11.5. The topological polar surface area (TPSA) is 108 Å². The number of benzene rings is 5. The summed E-state index contributed by atoms with van der Waals surface area (Å²) in [6, 6.07) is 41.3. The average Bonchev–Trinajstić information content (AvgIpc) is 3.17. The van der Waals surface area contributed by atoms with E-state index >= 15 is 0 Å². The minimum Gasteiger partial charge on any atom is -0.392 e. The van der Waals surface area contributed by atoms with Gasteiger partial charge >= 0.3 is 0 Å². The van der Waals surface area contributed by atoms with Crippen LogP contribution in [-0.2, 0) is 16.1 Å². The van der Waals surface area contributed by atoms with Gasteiger partial charge in [-0.2, -0.15) is 0 Å². The number of hydrogen-bond donors (Lipinski definition) is 3. The number of Topliss-reactive ketones (excluding diaryl/α,β-unsaturated/α-hetero) is 1. The number of nitrogens with one attached hydrogen (secondary N) is 1. The number of aliphatic hydroxyl groups excluding tert-OH is 2. The van der Waals surface area contributed by atoms with Crippen LogP contribution in [-0.4, -0.2) is 52.5 Å². The quantitative estimate of drug-likeness (QED) is 0.116. The zero-order valence-electron chi connectivity index (χ0n) is 29.1. The molecule has 1 aliphatic heterocycles. The molecule has 1 heterocycles. The molecule has 8 heteroatoms. The van der Waals surface area contributed by atoms with Crippen molar-refractivity contribution in [2.45, 2.75) is 57.0 Å². The maximum atomic E-state index is 13.5. The van der Waals surface area contributed by atoms with E-state index in [4.69, 9.17) is 9.47 Å². The third-order valence-corrected chi connectivity index (χ3v) is 9.68. The Labute approximate surface area is 299 Å². The number of ether oxygens (including phenoxy) is 2. The van der Waals surface area contributed by atoms with Gasteiger partial charge in [-0.05, 0) is 67.4 Å². The number of nitrogens with zero attached hydrogens (tertiary/aromatic N) is 1. The number of carbonyl (C=O) groups excluding carboxylic acids is 2. The molecular formula is C43H44N2O6. The van der Waals surface area contributed by atoms with Gasteiger partial charge in [-0.1, -0.05) is 109 Å². The van der Waals surface area contributed by atoms with Crippen molar-refractivity contribution >= 4 is 17.4 Å². The van der Waals surface area contributed by atoms with Crippen LogP contribution in [0.15, 0.2) is 133 Å². The van der Waals surface area contributed by atoms with E-state index in [0.29, 0.717) is 28.9 Å². The summed E-state index contributed by atoms with van der Waals surface area (Å²) in [5, 5.41) is 24.0. The Morgan fingerprint density at radius 2 is 1.41 bits per heavy atom. The third-order valence-electron chi connectivity index (χ3n) is 9.68. The van der Waals surface area contributed by atoms with E-state index in [0.717, 1.165) is 22.3 Å². The number of carbonyl (C=O) groups is 2. The molecule has 3 N–H and O–H groups in total. The zero-order chi connectivity index (χ0) is 35.9. The van der Waals surface area contributed by atoms with Crippen molar-refractivity contribution in [3.05, 3.63) is 172 Å². The van der Waals surface area contributed by atoms with Crippen molar-refractivity contribution in [3.8, 4) is 0 Å². The first kappa shape index (κ1) is 35.9. The number of anilines is 1. The van der Waals surface area contributed by atoms with Crippen LogP contribution in [0, 0.1) is 0 Å². The Morgan fingerprint density at radius 1 is 0.765 bits per heavy atom. The number of likely N-dealkylation sites (N-methyl/N-ethyl adjacent to an activating group) is 1. The lowest BCUT2D eigenvalue weighted by atomic mass is 9.83. The van der Waals surface area contributed by atoms with Crippen LogP contribution in [0.25, 0.3) is 0 Å². The van der Waals surface area contributed by atoms with Crippen LogP contribution in [0.2, 0.25) is 0 Å². The molecule has 0 saturated carbocycles. The van der Waals surface area contributed by atoms with Gasteiger partial charge in [0, 0.05) is 40.9 Å². The average molecular weight is 685 g/mol. The molecule has 1 amide bonds. The molecule has 1 aliphatic rings. The van der Waals surface area contributed by atoms with Crippen LogP contribution in [0.4, 0.5) is 5.69 Å². The molecule has 51 heavy (non-hydrogen) atoms. The smallest absolute Gasteiger partial charge is 0.255 e. The molecule has 0 bridgehead atoms. The maximum Gasteiger partial charge on any atom is 0.255 e. The first-order valence-corrected chi connectivity index (χ1v) is 17.2. The summed E-state index contributed by atoms with van der Waals surface area (Å²) >= 11 is 0.